The normalized spacial score (nSPS) is 15.4. The van der Waals surface area contributed by atoms with E-state index in [0.717, 1.165) is 6.42 Å². The van der Waals surface area contributed by atoms with Gasteiger partial charge in [0.25, 0.3) is 0 Å². The number of halogens is 3. The number of nitrogens with one attached hydrogen (secondary N) is 1. The van der Waals surface area contributed by atoms with Gasteiger partial charge in [-0.3, -0.25) is 4.90 Å². The van der Waals surface area contributed by atoms with E-state index < -0.39 is 12.7 Å². The molecule has 0 fully saturated rings. The predicted molar refractivity (Wildman–Crippen MR) is 65.1 cm³/mol. The van der Waals surface area contributed by atoms with Gasteiger partial charge >= 0.3 is 6.18 Å². The van der Waals surface area contributed by atoms with Crippen LogP contribution in [0.4, 0.5) is 13.2 Å². The summed E-state index contributed by atoms with van der Waals surface area (Å²) in [4.78, 5) is 1.48. The first-order valence-electron chi connectivity index (χ1n) is 6.11. The van der Waals surface area contributed by atoms with Gasteiger partial charge in [-0.1, -0.05) is 6.92 Å². The lowest BCUT2D eigenvalue weighted by Gasteiger charge is -2.32. The van der Waals surface area contributed by atoms with Crippen LogP contribution in [0.1, 0.15) is 41.0 Å². The maximum absolute atomic E-state index is 12.4. The number of alkyl halides is 3. The summed E-state index contributed by atoms with van der Waals surface area (Å²) < 4.78 is 37.2. The molecule has 5 heteroatoms. The van der Waals surface area contributed by atoms with E-state index in [4.69, 9.17) is 0 Å². The summed E-state index contributed by atoms with van der Waals surface area (Å²) >= 11 is 0. The van der Waals surface area contributed by atoms with Gasteiger partial charge in [0.1, 0.15) is 0 Å². The highest BCUT2D eigenvalue weighted by Crippen LogP contribution is 2.18. The molecule has 104 valence electrons. The molecule has 0 amide bonds. The molecular weight excluding hydrogens is 229 g/mol. The van der Waals surface area contributed by atoms with Crippen molar-refractivity contribution in [2.24, 2.45) is 0 Å². The highest BCUT2D eigenvalue weighted by molar-refractivity contribution is 4.77. The molecule has 1 unspecified atom stereocenters. The zero-order chi connectivity index (χ0) is 13.7. The van der Waals surface area contributed by atoms with Crippen LogP contribution in [-0.4, -0.2) is 42.3 Å². The zero-order valence-corrected chi connectivity index (χ0v) is 11.5. The maximum atomic E-state index is 12.4. The van der Waals surface area contributed by atoms with E-state index in [9.17, 15) is 13.2 Å². The van der Waals surface area contributed by atoms with Crippen molar-refractivity contribution in [3.8, 4) is 0 Å². The second-order valence-corrected chi connectivity index (χ2v) is 5.57. The van der Waals surface area contributed by atoms with E-state index in [1.807, 2.05) is 34.6 Å². The van der Waals surface area contributed by atoms with Crippen molar-refractivity contribution in [1.82, 2.24) is 10.2 Å². The zero-order valence-electron chi connectivity index (χ0n) is 11.5. The van der Waals surface area contributed by atoms with E-state index >= 15 is 0 Å². The summed E-state index contributed by atoms with van der Waals surface area (Å²) in [5.74, 6) is 0. The van der Waals surface area contributed by atoms with Crippen molar-refractivity contribution in [2.75, 3.05) is 19.6 Å². The molecule has 0 radical (unpaired) electrons. The molecule has 0 saturated heterocycles. The Bertz CT molecular complexity index is 209. The van der Waals surface area contributed by atoms with Crippen molar-refractivity contribution < 1.29 is 13.2 Å². The Labute approximate surface area is 103 Å². The van der Waals surface area contributed by atoms with Crippen molar-refractivity contribution >= 4 is 0 Å². The first-order chi connectivity index (χ1) is 7.55. The fourth-order valence-electron chi connectivity index (χ4n) is 1.56. The van der Waals surface area contributed by atoms with Crippen LogP contribution in [0.5, 0.6) is 0 Å². The summed E-state index contributed by atoms with van der Waals surface area (Å²) in [6, 6.07) is -0.115. The lowest BCUT2D eigenvalue weighted by molar-refractivity contribution is -0.150. The van der Waals surface area contributed by atoms with Crippen LogP contribution in [0.3, 0.4) is 0 Å². The highest BCUT2D eigenvalue weighted by Gasteiger charge is 2.32. The standard InChI is InChI=1S/C12H25F3N2/c1-6-7-17(9-12(13,14)15)10(2)8-16-11(3,4)5/h10,16H,6-9H2,1-5H3. The first-order valence-corrected chi connectivity index (χ1v) is 6.11. The average molecular weight is 254 g/mol. The van der Waals surface area contributed by atoms with Crippen molar-refractivity contribution in [2.45, 2.75) is 58.8 Å². The van der Waals surface area contributed by atoms with Crippen molar-refractivity contribution in [3.63, 3.8) is 0 Å². The van der Waals surface area contributed by atoms with E-state index in [-0.39, 0.29) is 11.6 Å². The minimum absolute atomic E-state index is 0.0651. The minimum Gasteiger partial charge on any atom is -0.311 e. The monoisotopic (exact) mass is 254 g/mol. The van der Waals surface area contributed by atoms with E-state index in [0.29, 0.717) is 13.1 Å². The molecule has 0 heterocycles. The fourth-order valence-corrected chi connectivity index (χ4v) is 1.56. The lowest BCUT2D eigenvalue weighted by Crippen LogP contribution is -2.49. The van der Waals surface area contributed by atoms with Gasteiger partial charge in [0.2, 0.25) is 0 Å². The van der Waals surface area contributed by atoms with Gasteiger partial charge in [-0.2, -0.15) is 13.2 Å². The highest BCUT2D eigenvalue weighted by atomic mass is 19.4. The predicted octanol–water partition coefficient (Wildman–Crippen LogP) is 3.04. The maximum Gasteiger partial charge on any atom is 0.401 e. The molecule has 0 aliphatic rings. The Hall–Kier alpha value is -0.290. The molecule has 0 aromatic carbocycles. The van der Waals surface area contributed by atoms with Gasteiger partial charge in [-0.25, -0.2) is 0 Å². The Balaban J connectivity index is 4.29. The van der Waals surface area contributed by atoms with Gasteiger partial charge in [-0.05, 0) is 40.7 Å². The number of nitrogens with zero attached hydrogens (tertiary/aromatic N) is 1. The van der Waals surface area contributed by atoms with Gasteiger partial charge in [0.05, 0.1) is 6.54 Å². The van der Waals surface area contributed by atoms with Gasteiger partial charge in [-0.15, -0.1) is 0 Å². The van der Waals surface area contributed by atoms with E-state index in [1.54, 1.807) is 0 Å². The SMILES string of the molecule is CCCN(CC(F)(F)F)C(C)CNC(C)(C)C. The smallest absolute Gasteiger partial charge is 0.311 e. The average Bonchev–Trinajstić information content (AvgIpc) is 2.10. The van der Waals surface area contributed by atoms with Gasteiger partial charge in [0.15, 0.2) is 0 Å². The van der Waals surface area contributed by atoms with E-state index in [1.165, 1.54) is 4.90 Å². The minimum atomic E-state index is -4.12. The number of hydrogen-bond acceptors (Lipinski definition) is 2. The van der Waals surface area contributed by atoms with Crippen LogP contribution in [0.25, 0.3) is 0 Å². The molecule has 0 saturated carbocycles. The summed E-state index contributed by atoms with van der Waals surface area (Å²) in [5, 5.41) is 3.24. The van der Waals surface area contributed by atoms with Crippen molar-refractivity contribution in [1.29, 1.82) is 0 Å². The molecule has 0 bridgehead atoms. The molecule has 0 aromatic heterocycles. The molecule has 0 aliphatic heterocycles. The van der Waals surface area contributed by atoms with Crippen LogP contribution in [0.15, 0.2) is 0 Å². The van der Waals surface area contributed by atoms with Gasteiger partial charge < -0.3 is 5.32 Å². The van der Waals surface area contributed by atoms with Crippen LogP contribution < -0.4 is 5.32 Å². The third kappa shape index (κ3) is 9.41. The third-order valence-corrected chi connectivity index (χ3v) is 2.44. The summed E-state index contributed by atoms with van der Waals surface area (Å²) in [7, 11) is 0. The van der Waals surface area contributed by atoms with Crippen LogP contribution >= 0.6 is 0 Å². The number of rotatable bonds is 6. The van der Waals surface area contributed by atoms with Crippen LogP contribution in [-0.2, 0) is 0 Å². The summed E-state index contributed by atoms with van der Waals surface area (Å²) in [6.07, 6.45) is -3.39. The third-order valence-electron chi connectivity index (χ3n) is 2.44. The molecule has 0 aliphatic carbocycles. The molecule has 0 spiro atoms. The molecule has 0 aromatic rings. The topological polar surface area (TPSA) is 15.3 Å². The Morgan fingerprint density at radius 1 is 1.18 bits per heavy atom. The Morgan fingerprint density at radius 3 is 2.06 bits per heavy atom. The van der Waals surface area contributed by atoms with Crippen LogP contribution in [0, 0.1) is 0 Å². The lowest BCUT2D eigenvalue weighted by atomic mass is 10.1. The molecule has 1 atom stereocenters. The summed E-state index contributed by atoms with van der Waals surface area (Å²) in [6.45, 7) is 9.97. The van der Waals surface area contributed by atoms with E-state index in [2.05, 4.69) is 5.32 Å². The molecule has 1 N–H and O–H groups in total. The molecule has 17 heavy (non-hydrogen) atoms. The van der Waals surface area contributed by atoms with Gasteiger partial charge in [0, 0.05) is 18.1 Å². The molecule has 0 rings (SSSR count). The summed E-state index contributed by atoms with van der Waals surface area (Å²) in [5.41, 5.74) is -0.0651. The largest absolute Gasteiger partial charge is 0.401 e. The Kier molecular flexibility index (Phi) is 6.48. The van der Waals surface area contributed by atoms with Crippen molar-refractivity contribution in [3.05, 3.63) is 0 Å². The first kappa shape index (κ1) is 16.7. The molecular formula is C12H25F3N2. The second-order valence-electron chi connectivity index (χ2n) is 5.57. The van der Waals surface area contributed by atoms with Crippen LogP contribution in [0.2, 0.25) is 0 Å². The Morgan fingerprint density at radius 2 is 1.71 bits per heavy atom. The molecule has 2 nitrogen and oxygen atoms in total. The fraction of sp³-hybridized carbons (Fsp3) is 1.00. The quantitative estimate of drug-likeness (QED) is 0.783. The number of hydrogen-bond donors (Lipinski definition) is 1. The second kappa shape index (κ2) is 6.59.